The van der Waals surface area contributed by atoms with Crippen molar-refractivity contribution in [1.82, 2.24) is 5.32 Å². The highest BCUT2D eigenvalue weighted by molar-refractivity contribution is 5.22. The predicted octanol–water partition coefficient (Wildman–Crippen LogP) is 2.21. The zero-order valence-corrected chi connectivity index (χ0v) is 9.63. The van der Waals surface area contributed by atoms with Gasteiger partial charge in [-0.15, -0.1) is 0 Å². The van der Waals surface area contributed by atoms with E-state index in [1.807, 2.05) is 6.92 Å². The van der Waals surface area contributed by atoms with Gasteiger partial charge >= 0.3 is 0 Å². The molecule has 0 bridgehead atoms. The van der Waals surface area contributed by atoms with Gasteiger partial charge in [-0.25, -0.2) is 8.78 Å². The molecule has 0 spiro atoms. The summed E-state index contributed by atoms with van der Waals surface area (Å²) in [6, 6.07) is 3.94. The van der Waals surface area contributed by atoms with E-state index in [2.05, 4.69) is 5.32 Å². The van der Waals surface area contributed by atoms with Crippen LogP contribution in [0.4, 0.5) is 8.78 Å². The molecule has 0 saturated heterocycles. The summed E-state index contributed by atoms with van der Waals surface area (Å²) in [7, 11) is 1.80. The third-order valence-corrected chi connectivity index (χ3v) is 2.91. The van der Waals surface area contributed by atoms with Crippen LogP contribution in [-0.4, -0.2) is 13.6 Å². The van der Waals surface area contributed by atoms with Crippen molar-refractivity contribution in [1.29, 1.82) is 0 Å². The van der Waals surface area contributed by atoms with Crippen molar-refractivity contribution in [2.75, 3.05) is 13.6 Å². The molecule has 16 heavy (non-hydrogen) atoms. The largest absolute Gasteiger partial charge is 0.330 e. The van der Waals surface area contributed by atoms with Gasteiger partial charge in [0.25, 0.3) is 0 Å². The minimum atomic E-state index is -0.820. The molecule has 0 amide bonds. The maximum atomic E-state index is 13.1. The van der Waals surface area contributed by atoms with Gasteiger partial charge in [0.05, 0.1) is 0 Å². The minimum absolute atomic E-state index is 0.0369. The van der Waals surface area contributed by atoms with Crippen molar-refractivity contribution in [3.05, 3.63) is 35.4 Å². The van der Waals surface area contributed by atoms with Gasteiger partial charge in [-0.3, -0.25) is 0 Å². The van der Waals surface area contributed by atoms with Gasteiger partial charge in [0.1, 0.15) is 0 Å². The summed E-state index contributed by atoms with van der Waals surface area (Å²) in [6.45, 7) is 2.54. The Hall–Kier alpha value is -1.00. The third-order valence-electron chi connectivity index (χ3n) is 2.91. The summed E-state index contributed by atoms with van der Waals surface area (Å²) in [5.74, 6) is -1.42. The molecule has 2 atom stereocenters. The molecule has 1 aromatic rings. The third kappa shape index (κ3) is 2.77. The average Bonchev–Trinajstić information content (AvgIpc) is 2.29. The number of benzene rings is 1. The second kappa shape index (κ2) is 5.92. The molecule has 0 aliphatic carbocycles. The van der Waals surface area contributed by atoms with E-state index in [9.17, 15) is 8.78 Å². The van der Waals surface area contributed by atoms with Crippen molar-refractivity contribution in [3.63, 3.8) is 0 Å². The molecule has 0 fully saturated rings. The fraction of sp³-hybridized carbons (Fsp3) is 0.500. The van der Waals surface area contributed by atoms with Crippen LogP contribution >= 0.6 is 0 Å². The molecular formula is C12H18F2N2. The highest BCUT2D eigenvalue weighted by atomic mass is 19.2. The minimum Gasteiger partial charge on any atom is -0.330 e. The van der Waals surface area contributed by atoms with Crippen molar-refractivity contribution in [3.8, 4) is 0 Å². The number of nitrogens with two attached hydrogens (primary N) is 1. The molecule has 0 heterocycles. The summed E-state index contributed by atoms with van der Waals surface area (Å²) in [6.07, 6.45) is 0.890. The molecule has 2 unspecified atom stereocenters. The summed E-state index contributed by atoms with van der Waals surface area (Å²) < 4.78 is 25.9. The molecule has 4 heteroatoms. The molecule has 1 aromatic carbocycles. The molecule has 1 rings (SSSR count). The number of halogens is 2. The second-order valence-corrected chi connectivity index (χ2v) is 3.84. The Kier molecular flexibility index (Phi) is 4.83. The molecular weight excluding hydrogens is 210 g/mol. The second-order valence-electron chi connectivity index (χ2n) is 3.84. The van der Waals surface area contributed by atoms with Gasteiger partial charge in [0.2, 0.25) is 0 Å². The monoisotopic (exact) mass is 228 g/mol. The molecule has 0 radical (unpaired) electrons. The number of hydrogen-bond donors (Lipinski definition) is 2. The smallest absolute Gasteiger partial charge is 0.159 e. The SMILES string of the molecule is CCC(CN)C(NC)c1ccc(F)c(F)c1. The first-order valence-electron chi connectivity index (χ1n) is 5.46. The van der Waals surface area contributed by atoms with Crippen LogP contribution in [0.5, 0.6) is 0 Å². The van der Waals surface area contributed by atoms with Gasteiger partial charge < -0.3 is 11.1 Å². The lowest BCUT2D eigenvalue weighted by molar-refractivity contribution is 0.376. The zero-order chi connectivity index (χ0) is 12.1. The number of rotatable bonds is 5. The molecule has 0 aromatic heterocycles. The number of nitrogens with one attached hydrogen (secondary N) is 1. The van der Waals surface area contributed by atoms with Crippen LogP contribution in [0.15, 0.2) is 18.2 Å². The molecule has 0 aliphatic heterocycles. The Bertz CT molecular complexity index is 338. The predicted molar refractivity (Wildman–Crippen MR) is 61.0 cm³/mol. The lowest BCUT2D eigenvalue weighted by Gasteiger charge is -2.25. The Morgan fingerprint density at radius 3 is 2.44 bits per heavy atom. The van der Waals surface area contributed by atoms with Crippen LogP contribution in [0.2, 0.25) is 0 Å². The maximum Gasteiger partial charge on any atom is 0.159 e. The van der Waals surface area contributed by atoms with E-state index in [-0.39, 0.29) is 12.0 Å². The van der Waals surface area contributed by atoms with Gasteiger partial charge in [-0.1, -0.05) is 19.4 Å². The van der Waals surface area contributed by atoms with Crippen LogP contribution in [0.25, 0.3) is 0 Å². The summed E-state index contributed by atoms with van der Waals surface area (Å²) in [5.41, 5.74) is 6.39. The fourth-order valence-electron chi connectivity index (χ4n) is 1.92. The van der Waals surface area contributed by atoms with E-state index in [4.69, 9.17) is 5.73 Å². The van der Waals surface area contributed by atoms with Gasteiger partial charge in [-0.05, 0) is 37.2 Å². The van der Waals surface area contributed by atoms with Crippen molar-refractivity contribution in [2.24, 2.45) is 11.7 Å². The molecule has 2 nitrogen and oxygen atoms in total. The zero-order valence-electron chi connectivity index (χ0n) is 9.63. The quantitative estimate of drug-likeness (QED) is 0.811. The molecule has 90 valence electrons. The van der Waals surface area contributed by atoms with Crippen LogP contribution in [-0.2, 0) is 0 Å². The molecule has 0 aliphatic rings. The number of hydrogen-bond acceptors (Lipinski definition) is 2. The highest BCUT2D eigenvalue weighted by Gasteiger charge is 2.19. The Morgan fingerprint density at radius 1 is 1.31 bits per heavy atom. The Morgan fingerprint density at radius 2 is 2.00 bits per heavy atom. The first-order chi connectivity index (χ1) is 7.63. The Balaban J connectivity index is 2.98. The lowest BCUT2D eigenvalue weighted by Crippen LogP contribution is -2.30. The normalized spacial score (nSPS) is 14.8. The summed E-state index contributed by atoms with van der Waals surface area (Å²) >= 11 is 0. The van der Waals surface area contributed by atoms with Crippen molar-refractivity contribution >= 4 is 0 Å². The van der Waals surface area contributed by atoms with Crippen molar-refractivity contribution < 1.29 is 8.78 Å². The van der Waals surface area contributed by atoms with E-state index in [0.29, 0.717) is 6.54 Å². The molecule has 3 N–H and O–H groups in total. The summed E-state index contributed by atoms with van der Waals surface area (Å²) in [5, 5.41) is 3.10. The van der Waals surface area contributed by atoms with E-state index < -0.39 is 11.6 Å². The highest BCUT2D eigenvalue weighted by Crippen LogP contribution is 2.24. The van der Waals surface area contributed by atoms with E-state index >= 15 is 0 Å². The lowest BCUT2D eigenvalue weighted by atomic mass is 9.91. The van der Waals surface area contributed by atoms with Crippen molar-refractivity contribution in [2.45, 2.75) is 19.4 Å². The average molecular weight is 228 g/mol. The topological polar surface area (TPSA) is 38.0 Å². The first-order valence-corrected chi connectivity index (χ1v) is 5.46. The van der Waals surface area contributed by atoms with E-state index in [1.54, 1.807) is 13.1 Å². The fourth-order valence-corrected chi connectivity index (χ4v) is 1.92. The van der Waals surface area contributed by atoms with Crippen LogP contribution in [0.3, 0.4) is 0 Å². The summed E-state index contributed by atoms with van der Waals surface area (Å²) in [4.78, 5) is 0. The van der Waals surface area contributed by atoms with Gasteiger partial charge in [0.15, 0.2) is 11.6 Å². The maximum absolute atomic E-state index is 13.1. The molecule has 0 saturated carbocycles. The van der Waals surface area contributed by atoms with E-state index in [0.717, 1.165) is 18.1 Å². The van der Waals surface area contributed by atoms with Gasteiger partial charge in [0, 0.05) is 6.04 Å². The van der Waals surface area contributed by atoms with E-state index in [1.165, 1.54) is 6.07 Å². The Labute approximate surface area is 94.8 Å². The van der Waals surface area contributed by atoms with Crippen LogP contribution < -0.4 is 11.1 Å². The standard InChI is InChI=1S/C12H18F2N2/c1-3-8(7-15)12(16-2)9-4-5-10(13)11(14)6-9/h4-6,8,12,16H,3,7,15H2,1-2H3. The van der Waals surface area contributed by atoms with Gasteiger partial charge in [-0.2, -0.15) is 0 Å². The van der Waals surface area contributed by atoms with Crippen LogP contribution in [0.1, 0.15) is 24.9 Å². The van der Waals surface area contributed by atoms with Crippen LogP contribution in [0, 0.1) is 17.6 Å². The first kappa shape index (κ1) is 13.1.